The zero-order valence-electron chi connectivity index (χ0n) is 16.2. The van der Waals surface area contributed by atoms with Gasteiger partial charge >= 0.3 is 6.09 Å². The number of carbonyl (C=O) groups is 1. The van der Waals surface area contributed by atoms with Gasteiger partial charge in [-0.05, 0) is 33.1 Å². The first-order valence-electron chi connectivity index (χ1n) is 8.90. The molecular formula is C18H26N4O4S. The monoisotopic (exact) mass is 394 g/mol. The summed E-state index contributed by atoms with van der Waals surface area (Å²) in [6.45, 7) is 7.90. The van der Waals surface area contributed by atoms with Crippen molar-refractivity contribution in [3.05, 3.63) is 24.2 Å². The summed E-state index contributed by atoms with van der Waals surface area (Å²) >= 11 is 1.58. The summed E-state index contributed by atoms with van der Waals surface area (Å²) in [5, 5.41) is 5.14. The van der Waals surface area contributed by atoms with Gasteiger partial charge < -0.3 is 19.1 Å². The van der Waals surface area contributed by atoms with Crippen molar-refractivity contribution in [2.75, 3.05) is 32.6 Å². The van der Waals surface area contributed by atoms with Gasteiger partial charge in [-0.1, -0.05) is 0 Å². The van der Waals surface area contributed by atoms with Crippen molar-refractivity contribution in [3.8, 4) is 0 Å². The third-order valence-electron chi connectivity index (χ3n) is 4.05. The molecule has 1 fully saturated rings. The Morgan fingerprint density at radius 2 is 2.26 bits per heavy atom. The molecule has 3 rings (SSSR count). The SMILES string of the molecule is CSc1ncnn2ccc(COC[C@@H]3CN(C(=O)OC(C)(C)C)CCO3)c12. The number of hydrogen-bond acceptors (Lipinski definition) is 7. The van der Waals surface area contributed by atoms with Crippen molar-refractivity contribution < 1.29 is 19.0 Å². The van der Waals surface area contributed by atoms with E-state index in [4.69, 9.17) is 14.2 Å². The lowest BCUT2D eigenvalue weighted by Gasteiger charge is -2.34. The van der Waals surface area contributed by atoms with Crippen LogP contribution in [0.15, 0.2) is 23.6 Å². The van der Waals surface area contributed by atoms with Crippen LogP contribution in [0.2, 0.25) is 0 Å². The Hall–Kier alpha value is -1.84. The summed E-state index contributed by atoms with van der Waals surface area (Å²) < 4.78 is 18.8. The van der Waals surface area contributed by atoms with Gasteiger partial charge in [0.15, 0.2) is 0 Å². The average Bonchev–Trinajstić information content (AvgIpc) is 3.04. The fourth-order valence-electron chi connectivity index (χ4n) is 2.87. The van der Waals surface area contributed by atoms with E-state index in [1.807, 2.05) is 39.3 Å². The predicted molar refractivity (Wildman–Crippen MR) is 102 cm³/mol. The van der Waals surface area contributed by atoms with Crippen molar-refractivity contribution in [2.24, 2.45) is 0 Å². The summed E-state index contributed by atoms with van der Waals surface area (Å²) in [5.74, 6) is 0. The first kappa shape index (κ1) is 19.9. The topological polar surface area (TPSA) is 78.2 Å². The first-order valence-corrected chi connectivity index (χ1v) is 10.1. The normalized spacial score (nSPS) is 18.1. The largest absolute Gasteiger partial charge is 0.444 e. The molecule has 0 spiro atoms. The second kappa shape index (κ2) is 8.45. The van der Waals surface area contributed by atoms with E-state index in [1.165, 1.54) is 0 Å². The number of morpholine rings is 1. The molecule has 0 aliphatic carbocycles. The van der Waals surface area contributed by atoms with Gasteiger partial charge in [0.1, 0.15) is 22.5 Å². The van der Waals surface area contributed by atoms with Gasteiger partial charge in [-0.25, -0.2) is 14.3 Å². The standard InChI is InChI=1S/C18H26N4O4S/c1-18(2,3)26-17(23)21-7-8-25-14(9-21)11-24-10-13-5-6-22-15(13)16(27-4)19-12-20-22/h5-6,12,14H,7-11H2,1-4H3/t14-/m0/s1. The lowest BCUT2D eigenvalue weighted by molar-refractivity contribution is -0.0749. The van der Waals surface area contributed by atoms with Crippen LogP contribution in [0.4, 0.5) is 4.79 Å². The summed E-state index contributed by atoms with van der Waals surface area (Å²) in [4.78, 5) is 18.2. The van der Waals surface area contributed by atoms with E-state index in [0.717, 1.165) is 16.1 Å². The summed E-state index contributed by atoms with van der Waals surface area (Å²) in [6, 6.07) is 1.98. The number of nitrogens with zero attached hydrogens (tertiary/aromatic N) is 4. The van der Waals surface area contributed by atoms with Crippen molar-refractivity contribution in [3.63, 3.8) is 0 Å². The third kappa shape index (κ3) is 5.12. The first-order chi connectivity index (χ1) is 12.9. The van der Waals surface area contributed by atoms with Gasteiger partial charge in [0, 0.05) is 18.3 Å². The van der Waals surface area contributed by atoms with E-state index in [2.05, 4.69) is 10.1 Å². The molecule has 9 heteroatoms. The number of aromatic nitrogens is 3. The Kier molecular flexibility index (Phi) is 6.23. The van der Waals surface area contributed by atoms with E-state index >= 15 is 0 Å². The van der Waals surface area contributed by atoms with Crippen LogP contribution >= 0.6 is 11.8 Å². The Labute approximate surface area is 163 Å². The molecule has 0 bridgehead atoms. The number of fused-ring (bicyclic) bond motifs is 1. The lowest BCUT2D eigenvalue weighted by atomic mass is 10.2. The maximum atomic E-state index is 12.2. The van der Waals surface area contributed by atoms with Crippen LogP contribution < -0.4 is 0 Å². The van der Waals surface area contributed by atoms with Crippen LogP contribution in [0.3, 0.4) is 0 Å². The molecule has 1 aliphatic heterocycles. The second-order valence-electron chi connectivity index (χ2n) is 7.34. The highest BCUT2D eigenvalue weighted by molar-refractivity contribution is 7.98. The average molecular weight is 394 g/mol. The van der Waals surface area contributed by atoms with Gasteiger partial charge in [0.05, 0.1) is 32.5 Å². The molecule has 2 aromatic rings. The van der Waals surface area contributed by atoms with Crippen molar-refractivity contribution >= 4 is 23.4 Å². The minimum atomic E-state index is -0.505. The zero-order chi connectivity index (χ0) is 19.4. The maximum absolute atomic E-state index is 12.2. The lowest BCUT2D eigenvalue weighted by Crippen LogP contribution is -2.48. The van der Waals surface area contributed by atoms with Gasteiger partial charge in [-0.2, -0.15) is 5.10 Å². The molecule has 0 N–H and O–H groups in total. The van der Waals surface area contributed by atoms with E-state index in [-0.39, 0.29) is 12.2 Å². The van der Waals surface area contributed by atoms with Gasteiger partial charge in [0.25, 0.3) is 0 Å². The van der Waals surface area contributed by atoms with E-state index < -0.39 is 5.60 Å². The van der Waals surface area contributed by atoms with Crippen LogP contribution in [0.5, 0.6) is 0 Å². The van der Waals surface area contributed by atoms with Crippen molar-refractivity contribution in [1.82, 2.24) is 19.5 Å². The highest BCUT2D eigenvalue weighted by Crippen LogP contribution is 2.23. The van der Waals surface area contributed by atoms with E-state index in [0.29, 0.717) is 32.9 Å². The fourth-order valence-corrected chi connectivity index (χ4v) is 3.44. The number of ether oxygens (including phenoxy) is 3. The highest BCUT2D eigenvalue weighted by Gasteiger charge is 2.28. The molecule has 148 valence electrons. The van der Waals surface area contributed by atoms with Gasteiger partial charge in [-0.3, -0.25) is 0 Å². The van der Waals surface area contributed by atoms with Crippen LogP contribution in [0.1, 0.15) is 26.3 Å². The number of hydrogen-bond donors (Lipinski definition) is 0. The molecular weight excluding hydrogens is 368 g/mol. The molecule has 0 radical (unpaired) electrons. The van der Waals surface area contributed by atoms with Crippen LogP contribution in [-0.4, -0.2) is 69.9 Å². The van der Waals surface area contributed by atoms with Gasteiger partial charge in [-0.15, -0.1) is 11.8 Å². The molecule has 3 heterocycles. The van der Waals surface area contributed by atoms with Crippen molar-refractivity contribution in [2.45, 2.75) is 44.1 Å². The zero-order valence-corrected chi connectivity index (χ0v) is 17.0. The van der Waals surface area contributed by atoms with Crippen LogP contribution in [0, 0.1) is 0 Å². The number of rotatable bonds is 5. The van der Waals surface area contributed by atoms with E-state index in [9.17, 15) is 4.79 Å². The quantitative estimate of drug-likeness (QED) is 0.721. The number of thioether (sulfide) groups is 1. The Morgan fingerprint density at radius 3 is 3.00 bits per heavy atom. The summed E-state index contributed by atoms with van der Waals surface area (Å²) in [6.07, 6.45) is 4.95. The summed E-state index contributed by atoms with van der Waals surface area (Å²) in [5.41, 5.74) is 1.49. The number of carbonyl (C=O) groups excluding carboxylic acids is 1. The summed E-state index contributed by atoms with van der Waals surface area (Å²) in [7, 11) is 0. The second-order valence-corrected chi connectivity index (χ2v) is 8.13. The molecule has 27 heavy (non-hydrogen) atoms. The molecule has 8 nitrogen and oxygen atoms in total. The Balaban J connectivity index is 1.54. The van der Waals surface area contributed by atoms with Gasteiger partial charge in [0.2, 0.25) is 0 Å². The third-order valence-corrected chi connectivity index (χ3v) is 4.73. The Morgan fingerprint density at radius 1 is 1.44 bits per heavy atom. The molecule has 0 unspecified atom stereocenters. The molecule has 2 aromatic heterocycles. The van der Waals surface area contributed by atoms with E-state index in [1.54, 1.807) is 27.5 Å². The molecule has 1 amide bonds. The molecule has 0 aromatic carbocycles. The molecule has 1 saturated heterocycles. The predicted octanol–water partition coefficient (Wildman–Crippen LogP) is 2.60. The maximum Gasteiger partial charge on any atom is 0.410 e. The number of amides is 1. The van der Waals surface area contributed by atoms with Crippen LogP contribution in [0.25, 0.3) is 5.52 Å². The molecule has 1 atom stereocenters. The van der Waals surface area contributed by atoms with Crippen LogP contribution in [-0.2, 0) is 20.8 Å². The fraction of sp³-hybridized carbons (Fsp3) is 0.611. The minimum absolute atomic E-state index is 0.170. The molecule has 1 aliphatic rings. The smallest absolute Gasteiger partial charge is 0.410 e. The Bertz CT molecular complexity index is 789. The molecule has 0 saturated carbocycles. The van der Waals surface area contributed by atoms with Crippen molar-refractivity contribution in [1.29, 1.82) is 0 Å². The minimum Gasteiger partial charge on any atom is -0.444 e. The highest BCUT2D eigenvalue weighted by atomic mass is 32.2.